The van der Waals surface area contributed by atoms with Crippen LogP contribution in [0, 0.1) is 6.92 Å². The molecule has 6 heteroatoms. The van der Waals surface area contributed by atoms with E-state index in [-0.39, 0.29) is 17.9 Å². The zero-order valence-corrected chi connectivity index (χ0v) is 10.3. The van der Waals surface area contributed by atoms with Crippen LogP contribution in [0.25, 0.3) is 0 Å². The third kappa shape index (κ3) is 2.35. The number of aryl methyl sites for hydroxylation is 1. The van der Waals surface area contributed by atoms with Crippen LogP contribution in [0.2, 0.25) is 0 Å². The van der Waals surface area contributed by atoms with E-state index in [4.69, 9.17) is 0 Å². The number of hydrogen-bond acceptors (Lipinski definition) is 4. The van der Waals surface area contributed by atoms with Gasteiger partial charge in [0.15, 0.2) is 0 Å². The molecule has 0 radical (unpaired) electrons. The number of benzene rings is 1. The normalized spacial score (nSPS) is 26.3. The molecule has 2 N–H and O–H groups in total. The van der Waals surface area contributed by atoms with E-state index < -0.39 is 22.4 Å². The summed E-state index contributed by atoms with van der Waals surface area (Å²) in [6.07, 6.45) is -1.88. The van der Waals surface area contributed by atoms with Crippen LogP contribution < -0.4 is 0 Å². The highest BCUT2D eigenvalue weighted by Gasteiger charge is 2.38. The van der Waals surface area contributed by atoms with E-state index in [2.05, 4.69) is 0 Å². The van der Waals surface area contributed by atoms with Crippen molar-refractivity contribution >= 4 is 10.0 Å². The molecule has 1 aliphatic heterocycles. The predicted molar refractivity (Wildman–Crippen MR) is 61.7 cm³/mol. The largest absolute Gasteiger partial charge is 0.392 e. The molecule has 0 unspecified atom stereocenters. The van der Waals surface area contributed by atoms with Gasteiger partial charge in [0.2, 0.25) is 10.0 Å². The van der Waals surface area contributed by atoms with Crippen LogP contribution in [-0.4, -0.2) is 41.8 Å². The molecule has 1 aromatic carbocycles. The fraction of sp³-hybridized carbons (Fsp3) is 0.455. The fourth-order valence-corrected chi connectivity index (χ4v) is 3.39. The molecule has 5 nitrogen and oxygen atoms in total. The van der Waals surface area contributed by atoms with Gasteiger partial charge in [-0.2, -0.15) is 4.31 Å². The van der Waals surface area contributed by atoms with Crippen molar-refractivity contribution < 1.29 is 18.6 Å². The molecule has 0 spiro atoms. The molecule has 0 aliphatic carbocycles. The minimum Gasteiger partial charge on any atom is -0.392 e. The standard InChI is InChI=1S/C11H15NO4S/c1-8-2-4-10(5-3-8)17(15,16)12-7-9(13)6-11(12)14/h2-5,9,11,13-14H,6-7H2,1H3/t9-,11+/m0/s1. The molecule has 2 atom stereocenters. The first-order chi connectivity index (χ1) is 7.91. The summed E-state index contributed by atoms with van der Waals surface area (Å²) in [6.45, 7) is 1.81. The van der Waals surface area contributed by atoms with E-state index in [0.717, 1.165) is 9.87 Å². The van der Waals surface area contributed by atoms with Crippen LogP contribution in [-0.2, 0) is 10.0 Å². The summed E-state index contributed by atoms with van der Waals surface area (Å²) >= 11 is 0. The molecule has 1 aliphatic rings. The summed E-state index contributed by atoms with van der Waals surface area (Å²) in [6, 6.07) is 6.40. The number of β-amino-alcohol motifs (C(OH)–C–C–N with tert-alkyl or cyclic N) is 1. The quantitative estimate of drug-likeness (QED) is 0.786. The summed E-state index contributed by atoms with van der Waals surface area (Å²) in [5.41, 5.74) is 0.964. The number of sulfonamides is 1. The minimum atomic E-state index is -3.71. The predicted octanol–water partition coefficient (Wildman–Crippen LogP) is 0.0687. The third-order valence-corrected chi connectivity index (χ3v) is 4.71. The van der Waals surface area contributed by atoms with Crippen molar-refractivity contribution in [3.05, 3.63) is 29.8 Å². The number of rotatable bonds is 2. The number of nitrogens with zero attached hydrogens (tertiary/aromatic N) is 1. The summed E-state index contributed by atoms with van der Waals surface area (Å²) in [5, 5.41) is 19.0. The Bertz CT molecular complexity index is 497. The first-order valence-electron chi connectivity index (χ1n) is 5.36. The molecule has 1 fully saturated rings. The van der Waals surface area contributed by atoms with Gasteiger partial charge in [-0.25, -0.2) is 8.42 Å². The Morgan fingerprint density at radius 1 is 1.24 bits per heavy atom. The number of aliphatic hydroxyl groups is 2. The molecular formula is C11H15NO4S. The van der Waals surface area contributed by atoms with Gasteiger partial charge in [0.05, 0.1) is 11.0 Å². The summed E-state index contributed by atoms with van der Waals surface area (Å²) in [5.74, 6) is 0. The van der Waals surface area contributed by atoms with Crippen molar-refractivity contribution in [2.75, 3.05) is 6.54 Å². The number of aliphatic hydroxyl groups excluding tert-OH is 2. The van der Waals surface area contributed by atoms with Gasteiger partial charge in [0.1, 0.15) is 6.23 Å². The van der Waals surface area contributed by atoms with Crippen molar-refractivity contribution in [3.63, 3.8) is 0 Å². The van der Waals surface area contributed by atoms with Crippen LogP contribution in [0.5, 0.6) is 0 Å². The van der Waals surface area contributed by atoms with Gasteiger partial charge in [0, 0.05) is 13.0 Å². The molecule has 17 heavy (non-hydrogen) atoms. The lowest BCUT2D eigenvalue weighted by atomic mass is 10.2. The first-order valence-corrected chi connectivity index (χ1v) is 6.80. The number of hydrogen-bond donors (Lipinski definition) is 2. The third-order valence-electron chi connectivity index (χ3n) is 2.83. The SMILES string of the molecule is Cc1ccc(S(=O)(=O)N2C[C@@H](O)C[C@H]2O)cc1. The van der Waals surface area contributed by atoms with Gasteiger partial charge in [-0.3, -0.25) is 0 Å². The van der Waals surface area contributed by atoms with E-state index >= 15 is 0 Å². The highest BCUT2D eigenvalue weighted by atomic mass is 32.2. The molecule has 1 saturated heterocycles. The lowest BCUT2D eigenvalue weighted by molar-refractivity contribution is 0.0901. The van der Waals surface area contributed by atoms with Crippen LogP contribution in [0.1, 0.15) is 12.0 Å². The topological polar surface area (TPSA) is 77.8 Å². The molecule has 1 heterocycles. The maximum absolute atomic E-state index is 12.2. The Hall–Kier alpha value is -0.950. The molecule has 94 valence electrons. The second-order valence-corrected chi connectivity index (χ2v) is 6.15. The van der Waals surface area contributed by atoms with Crippen molar-refractivity contribution in [3.8, 4) is 0 Å². The van der Waals surface area contributed by atoms with Gasteiger partial charge in [-0.05, 0) is 19.1 Å². The van der Waals surface area contributed by atoms with Gasteiger partial charge in [-0.1, -0.05) is 17.7 Å². The second kappa shape index (κ2) is 4.38. The lowest BCUT2D eigenvalue weighted by Gasteiger charge is -2.19. The highest BCUT2D eigenvalue weighted by Crippen LogP contribution is 2.24. The Morgan fingerprint density at radius 3 is 2.29 bits per heavy atom. The Kier molecular flexibility index (Phi) is 3.22. The van der Waals surface area contributed by atoms with E-state index in [1.165, 1.54) is 12.1 Å². The first kappa shape index (κ1) is 12.5. The summed E-state index contributed by atoms with van der Waals surface area (Å²) in [4.78, 5) is 0.135. The Balaban J connectivity index is 2.33. The monoisotopic (exact) mass is 257 g/mol. The van der Waals surface area contributed by atoms with Gasteiger partial charge in [-0.15, -0.1) is 0 Å². The smallest absolute Gasteiger partial charge is 0.245 e. The zero-order valence-electron chi connectivity index (χ0n) is 9.44. The molecule has 1 aromatic rings. The summed E-state index contributed by atoms with van der Waals surface area (Å²) < 4.78 is 25.2. The molecule has 0 amide bonds. The van der Waals surface area contributed by atoms with E-state index in [1.807, 2.05) is 6.92 Å². The maximum atomic E-state index is 12.2. The van der Waals surface area contributed by atoms with Crippen molar-refractivity contribution in [1.29, 1.82) is 0 Å². The van der Waals surface area contributed by atoms with E-state index in [0.29, 0.717) is 0 Å². The minimum absolute atomic E-state index is 0.0582. The highest BCUT2D eigenvalue weighted by molar-refractivity contribution is 7.89. The van der Waals surface area contributed by atoms with Gasteiger partial charge in [0.25, 0.3) is 0 Å². The van der Waals surface area contributed by atoms with Crippen molar-refractivity contribution in [2.45, 2.75) is 30.6 Å². The Labute approximate surface area is 100 Å². The summed E-state index contributed by atoms with van der Waals surface area (Å²) in [7, 11) is -3.71. The van der Waals surface area contributed by atoms with Crippen LogP contribution in [0.15, 0.2) is 29.2 Å². The van der Waals surface area contributed by atoms with Crippen molar-refractivity contribution in [2.24, 2.45) is 0 Å². The van der Waals surface area contributed by atoms with Crippen molar-refractivity contribution in [1.82, 2.24) is 4.31 Å². The van der Waals surface area contributed by atoms with E-state index in [1.54, 1.807) is 12.1 Å². The van der Waals surface area contributed by atoms with E-state index in [9.17, 15) is 18.6 Å². The van der Waals surface area contributed by atoms with Crippen LogP contribution in [0.4, 0.5) is 0 Å². The fourth-order valence-electron chi connectivity index (χ4n) is 1.87. The van der Waals surface area contributed by atoms with Crippen LogP contribution in [0.3, 0.4) is 0 Å². The zero-order chi connectivity index (χ0) is 12.6. The molecule has 0 aromatic heterocycles. The lowest BCUT2D eigenvalue weighted by Crippen LogP contribution is -2.35. The molecule has 0 bridgehead atoms. The van der Waals surface area contributed by atoms with Gasteiger partial charge < -0.3 is 10.2 Å². The molecule has 0 saturated carbocycles. The maximum Gasteiger partial charge on any atom is 0.245 e. The van der Waals surface area contributed by atoms with Gasteiger partial charge >= 0.3 is 0 Å². The average molecular weight is 257 g/mol. The second-order valence-electron chi connectivity index (χ2n) is 4.26. The molecular weight excluding hydrogens is 242 g/mol. The molecule has 2 rings (SSSR count). The Morgan fingerprint density at radius 2 is 1.82 bits per heavy atom. The average Bonchev–Trinajstić information content (AvgIpc) is 2.59. The van der Waals surface area contributed by atoms with Crippen LogP contribution >= 0.6 is 0 Å².